The van der Waals surface area contributed by atoms with Gasteiger partial charge in [0.15, 0.2) is 0 Å². The van der Waals surface area contributed by atoms with Gasteiger partial charge in [0, 0.05) is 6.07 Å². The molecule has 2 rings (SSSR count). The molecule has 0 saturated heterocycles. The number of amides is 1. The Balaban J connectivity index is 2.39. The van der Waals surface area contributed by atoms with Crippen molar-refractivity contribution < 1.29 is 22.7 Å². The number of methoxy groups -OCH3 is 2. The van der Waals surface area contributed by atoms with Crippen molar-refractivity contribution in [3.63, 3.8) is 0 Å². The van der Waals surface area contributed by atoms with Gasteiger partial charge in [-0.2, -0.15) is 0 Å². The van der Waals surface area contributed by atoms with E-state index in [0.717, 1.165) is 21.7 Å². The Kier molecular flexibility index (Phi) is 7.72. The van der Waals surface area contributed by atoms with Crippen LogP contribution in [0.4, 0.5) is 5.69 Å². The zero-order valence-corrected chi connectivity index (χ0v) is 19.1. The van der Waals surface area contributed by atoms with Gasteiger partial charge in [0.1, 0.15) is 17.5 Å². The highest BCUT2D eigenvalue weighted by atomic mass is 32.2. The Bertz CT molecular complexity index is 974. The summed E-state index contributed by atoms with van der Waals surface area (Å²) in [5.41, 5.74) is 2.33. The summed E-state index contributed by atoms with van der Waals surface area (Å²) in [6.07, 6.45) is 1.73. The van der Waals surface area contributed by atoms with E-state index >= 15 is 0 Å². The summed E-state index contributed by atoms with van der Waals surface area (Å²) < 4.78 is 36.9. The van der Waals surface area contributed by atoms with Crippen LogP contribution in [0.25, 0.3) is 0 Å². The highest BCUT2D eigenvalue weighted by molar-refractivity contribution is 7.92. The lowest BCUT2D eigenvalue weighted by Crippen LogP contribution is -2.48. The molecule has 0 aliphatic rings. The number of sulfonamides is 1. The number of carbonyl (C=O) groups is 1. The molecule has 0 heterocycles. The summed E-state index contributed by atoms with van der Waals surface area (Å²) in [4.78, 5) is 13.1. The molecule has 2 aromatic rings. The summed E-state index contributed by atoms with van der Waals surface area (Å²) in [5.74, 6) is 0.377. The van der Waals surface area contributed by atoms with E-state index < -0.39 is 22.0 Å². The molecule has 164 valence electrons. The van der Waals surface area contributed by atoms with Crippen LogP contribution in [-0.2, 0) is 14.8 Å². The number of anilines is 1. The van der Waals surface area contributed by atoms with E-state index in [1.54, 1.807) is 25.1 Å². The van der Waals surface area contributed by atoms with E-state index in [1.165, 1.54) is 14.2 Å². The smallest absolute Gasteiger partial charge is 0.244 e. The van der Waals surface area contributed by atoms with E-state index in [2.05, 4.69) is 5.32 Å². The summed E-state index contributed by atoms with van der Waals surface area (Å²) >= 11 is 0. The van der Waals surface area contributed by atoms with Crippen LogP contribution >= 0.6 is 0 Å². The van der Waals surface area contributed by atoms with Gasteiger partial charge < -0.3 is 14.8 Å². The highest BCUT2D eigenvalue weighted by Gasteiger charge is 2.32. The van der Waals surface area contributed by atoms with E-state index in [9.17, 15) is 13.2 Å². The van der Waals surface area contributed by atoms with Crippen molar-refractivity contribution in [3.05, 3.63) is 53.6 Å². The van der Waals surface area contributed by atoms with Gasteiger partial charge in [-0.15, -0.1) is 0 Å². The number of aryl methyl sites for hydroxylation is 1. The standard InChI is InChI=1S/C22H30N2O5S/c1-7-19(17-10-8-15(2)9-11-17)23-22(25)16(3)24(30(6,26)27)20-14-18(28-4)12-13-21(20)29-5/h8-14,16,19H,7H2,1-6H3,(H,23,25)/t16-,19+/m1/s1. The second-order valence-electron chi connectivity index (χ2n) is 7.15. The third-order valence-corrected chi connectivity index (χ3v) is 6.14. The number of nitrogens with zero attached hydrogens (tertiary/aromatic N) is 1. The molecule has 8 heteroatoms. The molecule has 7 nitrogen and oxygen atoms in total. The lowest BCUT2D eigenvalue weighted by molar-refractivity contribution is -0.122. The van der Waals surface area contributed by atoms with Crippen LogP contribution in [0.3, 0.4) is 0 Å². The maximum atomic E-state index is 13.1. The summed E-state index contributed by atoms with van der Waals surface area (Å²) in [5, 5.41) is 2.97. The Morgan fingerprint density at radius 1 is 1.10 bits per heavy atom. The number of benzene rings is 2. The summed E-state index contributed by atoms with van der Waals surface area (Å²) in [7, 11) is -0.864. The van der Waals surface area contributed by atoms with E-state index in [1.807, 2.05) is 38.1 Å². The molecule has 0 unspecified atom stereocenters. The molecule has 0 aliphatic carbocycles. The van der Waals surface area contributed by atoms with Crippen molar-refractivity contribution in [2.45, 2.75) is 39.3 Å². The maximum Gasteiger partial charge on any atom is 0.244 e. The molecule has 0 aromatic heterocycles. The van der Waals surface area contributed by atoms with Gasteiger partial charge >= 0.3 is 0 Å². The van der Waals surface area contributed by atoms with Crippen LogP contribution in [0.15, 0.2) is 42.5 Å². The molecule has 2 atom stereocenters. The maximum absolute atomic E-state index is 13.1. The molecule has 1 N–H and O–H groups in total. The Morgan fingerprint density at radius 2 is 1.73 bits per heavy atom. The third-order valence-electron chi connectivity index (χ3n) is 4.92. The fourth-order valence-corrected chi connectivity index (χ4v) is 4.43. The van der Waals surface area contributed by atoms with Crippen molar-refractivity contribution >= 4 is 21.6 Å². The van der Waals surface area contributed by atoms with Crippen LogP contribution in [-0.4, -0.2) is 40.8 Å². The van der Waals surface area contributed by atoms with Gasteiger partial charge in [-0.25, -0.2) is 8.42 Å². The van der Waals surface area contributed by atoms with Crippen LogP contribution in [0.5, 0.6) is 11.5 Å². The average Bonchev–Trinajstić information content (AvgIpc) is 2.71. The third kappa shape index (κ3) is 5.44. The first-order chi connectivity index (χ1) is 14.1. The van der Waals surface area contributed by atoms with Gasteiger partial charge in [-0.3, -0.25) is 9.10 Å². The minimum absolute atomic E-state index is 0.228. The summed E-state index contributed by atoms with van der Waals surface area (Å²) in [6.45, 7) is 5.52. The number of nitrogens with one attached hydrogen (secondary N) is 1. The molecule has 30 heavy (non-hydrogen) atoms. The molecular weight excluding hydrogens is 404 g/mol. The molecule has 0 bridgehead atoms. The van der Waals surface area contributed by atoms with Crippen molar-refractivity contribution in [2.24, 2.45) is 0 Å². The number of hydrogen-bond donors (Lipinski definition) is 1. The van der Waals surface area contributed by atoms with Crippen LogP contribution < -0.4 is 19.1 Å². The van der Waals surface area contributed by atoms with Gasteiger partial charge in [0.25, 0.3) is 0 Å². The predicted octanol–water partition coefficient (Wildman–Crippen LogP) is 3.43. The topological polar surface area (TPSA) is 84.9 Å². The molecule has 0 spiro atoms. The Morgan fingerprint density at radius 3 is 2.23 bits per heavy atom. The Labute approximate surface area is 179 Å². The van der Waals surface area contributed by atoms with Gasteiger partial charge in [-0.1, -0.05) is 36.8 Å². The van der Waals surface area contributed by atoms with Crippen LogP contribution in [0.2, 0.25) is 0 Å². The molecular formula is C22H30N2O5S. The van der Waals surface area contributed by atoms with Gasteiger partial charge in [-0.05, 0) is 38.0 Å². The quantitative estimate of drug-likeness (QED) is 0.654. The first-order valence-electron chi connectivity index (χ1n) is 9.70. The first-order valence-corrected chi connectivity index (χ1v) is 11.6. The zero-order chi connectivity index (χ0) is 22.5. The minimum atomic E-state index is -3.80. The van der Waals surface area contributed by atoms with E-state index in [0.29, 0.717) is 17.9 Å². The fourth-order valence-electron chi connectivity index (χ4n) is 3.26. The second-order valence-corrected chi connectivity index (χ2v) is 9.01. The lowest BCUT2D eigenvalue weighted by atomic mass is 10.0. The lowest BCUT2D eigenvalue weighted by Gasteiger charge is -2.31. The Hall–Kier alpha value is -2.74. The summed E-state index contributed by atoms with van der Waals surface area (Å²) in [6, 6.07) is 11.5. The van der Waals surface area contributed by atoms with Crippen molar-refractivity contribution in [2.75, 3.05) is 24.8 Å². The van der Waals surface area contributed by atoms with Crippen molar-refractivity contribution in [1.29, 1.82) is 0 Å². The van der Waals surface area contributed by atoms with Crippen molar-refractivity contribution in [3.8, 4) is 11.5 Å². The normalized spacial score (nSPS) is 13.3. The molecule has 0 fully saturated rings. The van der Waals surface area contributed by atoms with Crippen molar-refractivity contribution in [1.82, 2.24) is 5.32 Å². The minimum Gasteiger partial charge on any atom is -0.497 e. The number of ether oxygens (including phenoxy) is 2. The monoisotopic (exact) mass is 434 g/mol. The average molecular weight is 435 g/mol. The first kappa shape index (κ1) is 23.5. The van der Waals surface area contributed by atoms with E-state index in [-0.39, 0.29) is 11.7 Å². The fraction of sp³-hybridized carbons (Fsp3) is 0.409. The molecule has 0 radical (unpaired) electrons. The number of hydrogen-bond acceptors (Lipinski definition) is 5. The molecule has 1 amide bonds. The highest BCUT2D eigenvalue weighted by Crippen LogP contribution is 2.35. The molecule has 2 aromatic carbocycles. The predicted molar refractivity (Wildman–Crippen MR) is 119 cm³/mol. The van der Waals surface area contributed by atoms with Crippen LogP contribution in [0, 0.1) is 6.92 Å². The number of rotatable bonds is 9. The SMILES string of the molecule is CC[C@H](NC(=O)[C@@H](C)N(c1cc(OC)ccc1OC)S(C)(=O)=O)c1ccc(C)cc1. The van der Waals surface area contributed by atoms with Crippen LogP contribution in [0.1, 0.15) is 37.4 Å². The number of carbonyl (C=O) groups excluding carboxylic acids is 1. The van der Waals surface area contributed by atoms with Gasteiger partial charge in [0.2, 0.25) is 15.9 Å². The largest absolute Gasteiger partial charge is 0.497 e. The second kappa shape index (κ2) is 9.84. The molecule has 0 aliphatic heterocycles. The van der Waals surface area contributed by atoms with Gasteiger partial charge in [0.05, 0.1) is 32.2 Å². The van der Waals surface area contributed by atoms with E-state index in [4.69, 9.17) is 9.47 Å². The zero-order valence-electron chi connectivity index (χ0n) is 18.3. The molecule has 0 saturated carbocycles.